The predicted octanol–water partition coefficient (Wildman–Crippen LogP) is 2.50. The first-order chi connectivity index (χ1) is 13.3. The van der Waals surface area contributed by atoms with Gasteiger partial charge >= 0.3 is 5.69 Å². The van der Waals surface area contributed by atoms with Gasteiger partial charge in [-0.3, -0.25) is 9.13 Å². The molecule has 2 aromatic heterocycles. The average molecular weight is 357 g/mol. The number of nitrogens with zero attached hydrogens (tertiary/aromatic N) is 4. The van der Waals surface area contributed by atoms with Gasteiger partial charge in [0.1, 0.15) is 5.82 Å². The van der Waals surface area contributed by atoms with Gasteiger partial charge in [-0.2, -0.15) is 5.10 Å². The van der Waals surface area contributed by atoms with E-state index >= 15 is 0 Å². The van der Waals surface area contributed by atoms with Crippen LogP contribution in [0.1, 0.15) is 11.5 Å². The van der Waals surface area contributed by atoms with Gasteiger partial charge in [0.15, 0.2) is 0 Å². The van der Waals surface area contributed by atoms with E-state index in [1.165, 1.54) is 0 Å². The SMILES string of the molecule is O=c1n(-c2ccccc2)ccn1-c1c(C2CNC2)cnn1-c1ccccc1. The molecule has 0 aliphatic carbocycles. The predicted molar refractivity (Wildman–Crippen MR) is 104 cm³/mol. The average Bonchev–Trinajstić information content (AvgIpc) is 3.25. The number of rotatable bonds is 4. The van der Waals surface area contributed by atoms with E-state index in [1.807, 2.05) is 83.9 Å². The van der Waals surface area contributed by atoms with Crippen LogP contribution in [0.3, 0.4) is 0 Å². The summed E-state index contributed by atoms with van der Waals surface area (Å²) >= 11 is 0. The summed E-state index contributed by atoms with van der Waals surface area (Å²) in [4.78, 5) is 13.2. The van der Waals surface area contributed by atoms with E-state index in [2.05, 4.69) is 10.4 Å². The Labute approximate surface area is 156 Å². The lowest BCUT2D eigenvalue weighted by Gasteiger charge is -2.27. The lowest BCUT2D eigenvalue weighted by Crippen LogP contribution is -2.40. The van der Waals surface area contributed by atoms with E-state index in [1.54, 1.807) is 9.13 Å². The van der Waals surface area contributed by atoms with Gasteiger partial charge in [0.05, 0.1) is 17.6 Å². The summed E-state index contributed by atoms with van der Waals surface area (Å²) in [6, 6.07) is 19.6. The highest BCUT2D eigenvalue weighted by Crippen LogP contribution is 2.27. The van der Waals surface area contributed by atoms with E-state index in [-0.39, 0.29) is 5.69 Å². The van der Waals surface area contributed by atoms with Crippen molar-refractivity contribution in [3.8, 4) is 17.2 Å². The maximum absolute atomic E-state index is 13.2. The first kappa shape index (κ1) is 15.8. The van der Waals surface area contributed by atoms with Gasteiger partial charge in [-0.05, 0) is 24.3 Å². The fraction of sp³-hybridized carbons (Fsp3) is 0.143. The maximum Gasteiger partial charge on any atom is 0.338 e. The number of para-hydroxylation sites is 2. The van der Waals surface area contributed by atoms with Crippen LogP contribution in [-0.2, 0) is 0 Å². The molecule has 1 saturated heterocycles. The molecule has 3 heterocycles. The number of hydrogen-bond acceptors (Lipinski definition) is 3. The minimum absolute atomic E-state index is 0.104. The van der Waals surface area contributed by atoms with E-state index in [9.17, 15) is 4.79 Å². The van der Waals surface area contributed by atoms with E-state index in [0.717, 1.165) is 35.8 Å². The molecule has 6 nitrogen and oxygen atoms in total. The number of nitrogens with one attached hydrogen (secondary N) is 1. The van der Waals surface area contributed by atoms with E-state index in [4.69, 9.17) is 0 Å². The largest absolute Gasteiger partial charge is 0.338 e. The second-order valence-electron chi connectivity index (χ2n) is 6.68. The Morgan fingerprint density at radius 2 is 1.48 bits per heavy atom. The zero-order valence-electron chi connectivity index (χ0n) is 14.7. The van der Waals surface area contributed by atoms with Crippen LogP contribution in [0.4, 0.5) is 0 Å². The minimum Gasteiger partial charge on any atom is -0.315 e. The molecule has 0 radical (unpaired) electrons. The summed E-state index contributed by atoms with van der Waals surface area (Å²) in [6.07, 6.45) is 5.52. The Bertz CT molecular complexity index is 1120. The highest BCUT2D eigenvalue weighted by atomic mass is 16.1. The third-order valence-electron chi connectivity index (χ3n) is 5.03. The van der Waals surface area contributed by atoms with Gasteiger partial charge < -0.3 is 5.32 Å². The molecule has 1 fully saturated rings. The van der Waals surface area contributed by atoms with Crippen LogP contribution in [0.5, 0.6) is 0 Å². The molecule has 4 aromatic rings. The third kappa shape index (κ3) is 2.62. The molecule has 5 rings (SSSR count). The van der Waals surface area contributed by atoms with Crippen LogP contribution < -0.4 is 11.0 Å². The van der Waals surface area contributed by atoms with E-state index < -0.39 is 0 Å². The smallest absolute Gasteiger partial charge is 0.315 e. The van der Waals surface area contributed by atoms with Crippen molar-refractivity contribution in [2.75, 3.05) is 13.1 Å². The first-order valence-corrected chi connectivity index (χ1v) is 9.03. The number of benzene rings is 2. The van der Waals surface area contributed by atoms with Crippen molar-refractivity contribution in [2.45, 2.75) is 5.92 Å². The molecule has 0 saturated carbocycles. The summed E-state index contributed by atoms with van der Waals surface area (Å²) in [5.41, 5.74) is 2.77. The Kier molecular flexibility index (Phi) is 3.76. The molecule has 134 valence electrons. The highest BCUT2D eigenvalue weighted by molar-refractivity contribution is 5.46. The highest BCUT2D eigenvalue weighted by Gasteiger charge is 2.27. The Morgan fingerprint density at radius 1 is 0.852 bits per heavy atom. The summed E-state index contributed by atoms with van der Waals surface area (Å²) < 4.78 is 5.20. The van der Waals surface area contributed by atoms with Crippen molar-refractivity contribution in [1.82, 2.24) is 24.2 Å². The molecule has 1 N–H and O–H groups in total. The van der Waals surface area contributed by atoms with Crippen LogP contribution in [0.2, 0.25) is 0 Å². The quantitative estimate of drug-likeness (QED) is 0.611. The van der Waals surface area contributed by atoms with Crippen molar-refractivity contribution >= 4 is 0 Å². The van der Waals surface area contributed by atoms with Gasteiger partial charge in [-0.1, -0.05) is 36.4 Å². The molecule has 0 amide bonds. The lowest BCUT2D eigenvalue weighted by atomic mass is 9.96. The number of aromatic nitrogens is 4. The molecule has 1 aliphatic heterocycles. The van der Waals surface area contributed by atoms with Crippen LogP contribution in [-0.4, -0.2) is 32.0 Å². The fourth-order valence-corrected chi connectivity index (χ4v) is 3.47. The Morgan fingerprint density at radius 3 is 2.11 bits per heavy atom. The molecule has 6 heteroatoms. The lowest BCUT2D eigenvalue weighted by molar-refractivity contribution is 0.447. The first-order valence-electron chi connectivity index (χ1n) is 9.03. The van der Waals surface area contributed by atoms with Gasteiger partial charge in [-0.15, -0.1) is 0 Å². The zero-order chi connectivity index (χ0) is 18.2. The second-order valence-corrected chi connectivity index (χ2v) is 6.68. The van der Waals surface area contributed by atoms with Gasteiger partial charge in [0.2, 0.25) is 0 Å². The summed E-state index contributed by atoms with van der Waals surface area (Å²) in [7, 11) is 0. The molecule has 0 spiro atoms. The molecule has 0 bridgehead atoms. The van der Waals surface area contributed by atoms with Crippen molar-refractivity contribution in [2.24, 2.45) is 0 Å². The van der Waals surface area contributed by atoms with Gasteiger partial charge in [0, 0.05) is 37.0 Å². The molecular formula is C21H19N5O. The molecule has 1 aliphatic rings. The Balaban J connectivity index is 1.70. The van der Waals surface area contributed by atoms with Gasteiger partial charge in [0.25, 0.3) is 0 Å². The topological polar surface area (TPSA) is 56.8 Å². The zero-order valence-corrected chi connectivity index (χ0v) is 14.7. The number of hydrogen-bond donors (Lipinski definition) is 1. The molecule has 2 aromatic carbocycles. The summed E-state index contributed by atoms with van der Waals surface area (Å²) in [5.74, 6) is 1.18. The molecule has 0 atom stereocenters. The van der Waals surface area contributed by atoms with Crippen LogP contribution >= 0.6 is 0 Å². The molecule has 27 heavy (non-hydrogen) atoms. The second kappa shape index (κ2) is 6.41. The van der Waals surface area contributed by atoms with Gasteiger partial charge in [-0.25, -0.2) is 9.48 Å². The minimum atomic E-state index is -0.104. The van der Waals surface area contributed by atoms with Crippen LogP contribution in [0.15, 0.2) is 84.0 Å². The molecular weight excluding hydrogens is 338 g/mol. The fourth-order valence-electron chi connectivity index (χ4n) is 3.47. The standard InChI is InChI=1S/C21H19N5O/c27-21-24(17-7-3-1-4-8-17)11-12-25(21)20-19(16-13-22-14-16)15-23-26(20)18-9-5-2-6-10-18/h1-12,15-16,22H,13-14H2. The molecule has 0 unspecified atom stereocenters. The van der Waals surface area contributed by atoms with Crippen molar-refractivity contribution < 1.29 is 0 Å². The normalized spacial score (nSPS) is 14.2. The van der Waals surface area contributed by atoms with E-state index in [0.29, 0.717) is 5.92 Å². The number of imidazole rings is 1. The van der Waals surface area contributed by atoms with Crippen LogP contribution in [0.25, 0.3) is 17.2 Å². The summed E-state index contributed by atoms with van der Waals surface area (Å²) in [5, 5.41) is 7.91. The summed E-state index contributed by atoms with van der Waals surface area (Å²) in [6.45, 7) is 1.81. The van der Waals surface area contributed by atoms with Crippen molar-refractivity contribution in [1.29, 1.82) is 0 Å². The van der Waals surface area contributed by atoms with Crippen LogP contribution in [0, 0.1) is 0 Å². The Hall–Kier alpha value is -3.38. The van der Waals surface area contributed by atoms with Crippen molar-refractivity contribution in [3.05, 3.63) is 95.3 Å². The third-order valence-corrected chi connectivity index (χ3v) is 5.03. The van der Waals surface area contributed by atoms with Crippen molar-refractivity contribution in [3.63, 3.8) is 0 Å². The monoisotopic (exact) mass is 357 g/mol. The maximum atomic E-state index is 13.2.